The van der Waals surface area contributed by atoms with E-state index in [1.54, 1.807) is 0 Å². The number of anilines is 1. The number of amides is 1. The van der Waals surface area contributed by atoms with Crippen LogP contribution in [0.5, 0.6) is 0 Å². The maximum Gasteiger partial charge on any atom is 0.242 e. The van der Waals surface area contributed by atoms with Gasteiger partial charge in [0.2, 0.25) is 15.9 Å². The number of nitrogens with one attached hydrogen (secondary N) is 1. The molecule has 0 aromatic heterocycles. The first-order chi connectivity index (χ1) is 9.29. The molecule has 1 aliphatic rings. The van der Waals surface area contributed by atoms with Gasteiger partial charge in [0.15, 0.2) is 0 Å². The molecular weight excluding hydrogens is 307 g/mol. The van der Waals surface area contributed by atoms with Crippen LogP contribution in [0.15, 0.2) is 18.2 Å². The van der Waals surface area contributed by atoms with Gasteiger partial charge in [0.05, 0.1) is 11.9 Å². The van der Waals surface area contributed by atoms with Gasteiger partial charge < -0.3 is 5.32 Å². The van der Waals surface area contributed by atoms with Crippen molar-refractivity contribution in [1.29, 1.82) is 0 Å². The Morgan fingerprint density at radius 2 is 2.20 bits per heavy atom. The summed E-state index contributed by atoms with van der Waals surface area (Å²) in [6.07, 6.45) is 2.09. The molecule has 1 aromatic rings. The highest BCUT2D eigenvalue weighted by atomic mass is 35.5. The highest BCUT2D eigenvalue weighted by molar-refractivity contribution is 7.88. The Morgan fingerprint density at radius 1 is 1.50 bits per heavy atom. The fraction of sp³-hybridized carbons (Fsp3) is 0.417. The summed E-state index contributed by atoms with van der Waals surface area (Å²) in [7, 11) is -3.45. The number of halogens is 2. The van der Waals surface area contributed by atoms with Crippen LogP contribution >= 0.6 is 11.6 Å². The third-order valence-electron chi connectivity index (χ3n) is 3.12. The van der Waals surface area contributed by atoms with E-state index in [9.17, 15) is 17.6 Å². The second-order valence-electron chi connectivity index (χ2n) is 4.65. The van der Waals surface area contributed by atoms with Crippen molar-refractivity contribution in [3.63, 3.8) is 0 Å². The summed E-state index contributed by atoms with van der Waals surface area (Å²) in [6.45, 7) is 0.306. The minimum absolute atomic E-state index is 0.0141. The number of carbonyl (C=O) groups is 1. The summed E-state index contributed by atoms with van der Waals surface area (Å²) in [5.74, 6) is -1.19. The van der Waals surface area contributed by atoms with Crippen molar-refractivity contribution in [3.05, 3.63) is 29.0 Å². The Labute approximate surface area is 121 Å². The molecule has 5 nitrogen and oxygen atoms in total. The minimum Gasteiger partial charge on any atom is -0.322 e. The molecule has 1 amide bonds. The van der Waals surface area contributed by atoms with Crippen molar-refractivity contribution in [3.8, 4) is 0 Å². The van der Waals surface area contributed by atoms with Crippen LogP contribution in [0.3, 0.4) is 0 Å². The van der Waals surface area contributed by atoms with Gasteiger partial charge in [-0.3, -0.25) is 4.79 Å². The number of hydrogen-bond acceptors (Lipinski definition) is 3. The number of rotatable bonds is 3. The molecule has 0 spiro atoms. The average Bonchev–Trinajstić information content (AvgIpc) is 2.81. The summed E-state index contributed by atoms with van der Waals surface area (Å²) >= 11 is 5.62. The molecule has 0 saturated carbocycles. The van der Waals surface area contributed by atoms with E-state index in [4.69, 9.17) is 11.6 Å². The van der Waals surface area contributed by atoms with E-state index in [0.29, 0.717) is 19.4 Å². The van der Waals surface area contributed by atoms with Crippen molar-refractivity contribution in [2.45, 2.75) is 18.9 Å². The molecule has 1 heterocycles. The van der Waals surface area contributed by atoms with Crippen molar-refractivity contribution >= 4 is 33.2 Å². The largest absolute Gasteiger partial charge is 0.322 e. The minimum atomic E-state index is -3.45. The van der Waals surface area contributed by atoms with Crippen LogP contribution in [0.1, 0.15) is 12.8 Å². The average molecular weight is 321 g/mol. The number of carbonyl (C=O) groups excluding carboxylic acids is 1. The molecule has 8 heteroatoms. The lowest BCUT2D eigenvalue weighted by Gasteiger charge is -2.21. The van der Waals surface area contributed by atoms with Gasteiger partial charge in [0.1, 0.15) is 11.9 Å². The summed E-state index contributed by atoms with van der Waals surface area (Å²) in [4.78, 5) is 12.1. The molecule has 0 bridgehead atoms. The molecule has 1 atom stereocenters. The summed E-state index contributed by atoms with van der Waals surface area (Å²) in [5, 5.41) is 2.62. The normalized spacial score (nSPS) is 20.1. The summed E-state index contributed by atoms with van der Waals surface area (Å²) < 4.78 is 37.9. The van der Waals surface area contributed by atoms with Crippen molar-refractivity contribution in [1.82, 2.24) is 4.31 Å². The quantitative estimate of drug-likeness (QED) is 0.924. The smallest absolute Gasteiger partial charge is 0.242 e. The monoisotopic (exact) mass is 320 g/mol. The predicted molar refractivity (Wildman–Crippen MR) is 74.6 cm³/mol. The fourth-order valence-corrected chi connectivity index (χ4v) is 3.49. The standard InChI is InChI=1S/C12H14ClFN2O3S/c1-20(18,19)16-6-2-3-11(16)12(17)15-10-5-4-8(13)7-9(10)14/h4-5,7,11H,2-3,6H2,1H3,(H,15,17). The van der Waals surface area contributed by atoms with Crippen LogP contribution in [0.25, 0.3) is 0 Å². The van der Waals surface area contributed by atoms with Gasteiger partial charge in [0.25, 0.3) is 0 Å². The number of hydrogen-bond donors (Lipinski definition) is 1. The first-order valence-electron chi connectivity index (χ1n) is 6.02. The highest BCUT2D eigenvalue weighted by Crippen LogP contribution is 2.23. The number of benzene rings is 1. The van der Waals surface area contributed by atoms with Gasteiger partial charge in [-0.15, -0.1) is 0 Å². The van der Waals surface area contributed by atoms with Gasteiger partial charge in [-0.2, -0.15) is 4.31 Å². The third-order valence-corrected chi connectivity index (χ3v) is 4.65. The Hall–Kier alpha value is -1.18. The molecule has 1 aromatic carbocycles. The zero-order chi connectivity index (χ0) is 14.9. The van der Waals surface area contributed by atoms with Crippen LogP contribution in [0.2, 0.25) is 5.02 Å². The molecule has 1 aliphatic heterocycles. The van der Waals surface area contributed by atoms with E-state index in [-0.39, 0.29) is 10.7 Å². The Morgan fingerprint density at radius 3 is 2.80 bits per heavy atom. The van der Waals surface area contributed by atoms with E-state index >= 15 is 0 Å². The molecule has 1 fully saturated rings. The van der Waals surface area contributed by atoms with Crippen molar-refractivity contribution in [2.24, 2.45) is 0 Å². The van der Waals surface area contributed by atoms with E-state index in [1.807, 2.05) is 0 Å². The van der Waals surface area contributed by atoms with Gasteiger partial charge in [-0.1, -0.05) is 11.6 Å². The SMILES string of the molecule is CS(=O)(=O)N1CCCC1C(=O)Nc1ccc(Cl)cc1F. The van der Waals surface area contributed by atoms with Crippen LogP contribution in [0, 0.1) is 5.82 Å². The fourth-order valence-electron chi connectivity index (χ4n) is 2.21. The van der Waals surface area contributed by atoms with Crippen molar-refractivity contribution in [2.75, 3.05) is 18.1 Å². The van der Waals surface area contributed by atoms with Crippen LogP contribution in [-0.4, -0.2) is 37.5 Å². The van der Waals surface area contributed by atoms with Crippen LogP contribution < -0.4 is 5.32 Å². The van der Waals surface area contributed by atoms with Crippen LogP contribution in [0.4, 0.5) is 10.1 Å². The van der Waals surface area contributed by atoms with E-state index in [2.05, 4.69) is 5.32 Å². The zero-order valence-corrected chi connectivity index (χ0v) is 12.3. The summed E-state index contributed by atoms with van der Waals surface area (Å²) in [5.41, 5.74) is -0.0141. The van der Waals surface area contributed by atoms with E-state index < -0.39 is 27.8 Å². The molecule has 2 rings (SSSR count). The molecule has 0 aliphatic carbocycles. The van der Waals surface area contributed by atoms with Crippen LogP contribution in [-0.2, 0) is 14.8 Å². The molecule has 20 heavy (non-hydrogen) atoms. The Bertz CT molecular complexity index is 636. The lowest BCUT2D eigenvalue weighted by molar-refractivity contribution is -0.119. The zero-order valence-electron chi connectivity index (χ0n) is 10.8. The second kappa shape index (κ2) is 5.67. The van der Waals surface area contributed by atoms with Gasteiger partial charge in [0, 0.05) is 11.6 Å². The first kappa shape index (κ1) is 15.2. The highest BCUT2D eigenvalue weighted by Gasteiger charge is 2.36. The predicted octanol–water partition coefficient (Wildman–Crippen LogP) is 1.84. The van der Waals surface area contributed by atoms with E-state index in [1.165, 1.54) is 12.1 Å². The van der Waals surface area contributed by atoms with Crippen molar-refractivity contribution < 1.29 is 17.6 Å². The Kier molecular flexibility index (Phi) is 4.31. The Balaban J connectivity index is 2.16. The van der Waals surface area contributed by atoms with Gasteiger partial charge in [-0.25, -0.2) is 12.8 Å². The van der Waals surface area contributed by atoms with Gasteiger partial charge >= 0.3 is 0 Å². The number of sulfonamides is 1. The molecule has 1 saturated heterocycles. The lowest BCUT2D eigenvalue weighted by Crippen LogP contribution is -2.42. The first-order valence-corrected chi connectivity index (χ1v) is 8.24. The van der Waals surface area contributed by atoms with E-state index in [0.717, 1.165) is 16.6 Å². The molecular formula is C12H14ClFN2O3S. The molecule has 110 valence electrons. The maximum absolute atomic E-state index is 13.6. The number of nitrogens with zero attached hydrogens (tertiary/aromatic N) is 1. The second-order valence-corrected chi connectivity index (χ2v) is 7.02. The lowest BCUT2D eigenvalue weighted by atomic mass is 10.2. The molecule has 1 N–H and O–H groups in total. The molecule has 0 radical (unpaired) electrons. The van der Waals surface area contributed by atoms with Gasteiger partial charge in [-0.05, 0) is 31.0 Å². The maximum atomic E-state index is 13.6. The third kappa shape index (κ3) is 3.28. The molecule has 1 unspecified atom stereocenters. The summed E-state index contributed by atoms with van der Waals surface area (Å²) in [6, 6.07) is 3.08. The topological polar surface area (TPSA) is 66.5 Å².